The minimum atomic E-state index is -0.516. The van der Waals surface area contributed by atoms with E-state index in [1.807, 2.05) is 84.9 Å². The third kappa shape index (κ3) is 5.26. The molecule has 7 aromatic carbocycles. The van der Waals surface area contributed by atoms with Gasteiger partial charge in [-0.15, -0.1) is 0 Å². The Labute approximate surface area is 297 Å². The lowest BCUT2D eigenvalue weighted by atomic mass is 9.94. The van der Waals surface area contributed by atoms with Crippen LogP contribution in [0.5, 0.6) is 0 Å². The second-order valence-electron chi connectivity index (χ2n) is 11.4. The molecule has 2 heterocycles. The van der Waals surface area contributed by atoms with Crippen LogP contribution < -0.4 is 0 Å². The van der Waals surface area contributed by atoms with E-state index >= 15 is 0 Å². The first-order valence-corrected chi connectivity index (χ1v) is 15.7. The fourth-order valence-electron chi connectivity index (χ4n) is 6.19. The minimum Gasteiger partial charge on any atom is -0.278 e. The normalized spacial score (nSPS) is 13.8. The van der Waals surface area contributed by atoms with E-state index in [1.165, 1.54) is 0 Å². The predicted molar refractivity (Wildman–Crippen MR) is 201 cm³/mol. The van der Waals surface area contributed by atoms with Crippen molar-refractivity contribution in [3.8, 4) is 62.1 Å². The van der Waals surface area contributed by atoms with Crippen molar-refractivity contribution in [3.05, 3.63) is 182 Å². The van der Waals surface area contributed by atoms with Crippen molar-refractivity contribution in [1.29, 1.82) is 0 Å². The molecule has 0 bridgehead atoms. The van der Waals surface area contributed by atoms with E-state index in [9.17, 15) is 0 Å². The number of benzene rings is 7. The third-order valence-corrected chi connectivity index (χ3v) is 8.51. The van der Waals surface area contributed by atoms with Crippen LogP contribution in [0.3, 0.4) is 0 Å². The van der Waals surface area contributed by atoms with Gasteiger partial charge in [0.25, 0.3) is 0 Å². The highest BCUT2D eigenvalue weighted by molar-refractivity contribution is 6.10. The van der Waals surface area contributed by atoms with Gasteiger partial charge in [-0.25, -0.2) is 4.98 Å². The van der Waals surface area contributed by atoms with Gasteiger partial charge in [0.05, 0.1) is 23.4 Å². The Kier molecular flexibility index (Phi) is 5.11. The van der Waals surface area contributed by atoms with Gasteiger partial charge in [0.2, 0.25) is 5.95 Å². The van der Waals surface area contributed by atoms with Gasteiger partial charge in [0.15, 0.2) is 11.6 Å². The molecule has 0 aliphatic heterocycles. The maximum atomic E-state index is 9.12. The zero-order chi connectivity index (χ0) is 40.4. The molecule has 0 saturated heterocycles. The minimum absolute atomic E-state index is 0.0282. The summed E-state index contributed by atoms with van der Waals surface area (Å²) in [5.74, 6) is 0.687. The summed E-state index contributed by atoms with van der Waals surface area (Å²) in [7, 11) is 0. The number of hydrogen-bond donors (Lipinski definition) is 0. The van der Waals surface area contributed by atoms with E-state index < -0.39 is 30.2 Å². The van der Waals surface area contributed by atoms with Crippen molar-refractivity contribution >= 4 is 21.8 Å². The van der Waals surface area contributed by atoms with Crippen LogP contribution in [-0.2, 0) is 0 Å². The molecular weight excluding hydrogens is 597 g/mol. The molecule has 9 aromatic rings. The number of rotatable bonds is 6. The summed E-state index contributed by atoms with van der Waals surface area (Å²) < 4.78 is 78.9. The van der Waals surface area contributed by atoms with Gasteiger partial charge in [-0.05, 0) is 45.5 Å². The molecule has 0 aliphatic carbocycles. The van der Waals surface area contributed by atoms with Gasteiger partial charge in [0.1, 0.15) is 0 Å². The van der Waals surface area contributed by atoms with Gasteiger partial charge in [-0.2, -0.15) is 9.97 Å². The zero-order valence-electron chi connectivity index (χ0n) is 34.9. The fourth-order valence-corrected chi connectivity index (χ4v) is 6.19. The van der Waals surface area contributed by atoms with E-state index in [0.29, 0.717) is 33.7 Å². The first-order chi connectivity index (χ1) is 28.0. The van der Waals surface area contributed by atoms with Crippen LogP contribution >= 0.6 is 0 Å². The molecule has 4 nitrogen and oxygen atoms in total. The number of para-hydroxylation sites is 1. The summed E-state index contributed by atoms with van der Waals surface area (Å²) in [5.41, 5.74) is 6.29. The Hall–Kier alpha value is -6.65. The highest BCUT2D eigenvalue weighted by atomic mass is 15.2. The largest absolute Gasteiger partial charge is 0.278 e. The Morgan fingerprint density at radius 1 is 0.388 bits per heavy atom. The summed E-state index contributed by atoms with van der Waals surface area (Å²) >= 11 is 0. The van der Waals surface area contributed by atoms with E-state index in [-0.39, 0.29) is 52.1 Å². The second kappa shape index (κ2) is 12.2. The van der Waals surface area contributed by atoms with Gasteiger partial charge >= 0.3 is 0 Å². The molecule has 0 radical (unpaired) electrons. The van der Waals surface area contributed by atoms with E-state index in [0.717, 1.165) is 22.3 Å². The van der Waals surface area contributed by atoms with Crippen molar-refractivity contribution in [3.63, 3.8) is 0 Å². The highest BCUT2D eigenvalue weighted by Crippen LogP contribution is 2.36. The predicted octanol–water partition coefficient (Wildman–Crippen LogP) is 11.3. The zero-order valence-corrected chi connectivity index (χ0v) is 25.9. The maximum absolute atomic E-state index is 9.12. The SMILES string of the molecule is [2H]c1c([2H])c([2H])c(-c2ccc3c4c([2H])c([2H])c([2H])c([2H])c4n(-c4nc(-c5ccccc5)nc(-c5ccc(-c6ccccc6-c6ccccc6)cc5)n4)c3c2)c([2H])c1[2H]. The molecule has 2 aromatic heterocycles. The summed E-state index contributed by atoms with van der Waals surface area (Å²) in [5, 5.41) is 0.654. The van der Waals surface area contributed by atoms with Crippen molar-refractivity contribution < 1.29 is 12.3 Å². The van der Waals surface area contributed by atoms with Crippen LogP contribution in [0, 0.1) is 0 Å². The summed E-state index contributed by atoms with van der Waals surface area (Å²) in [6.45, 7) is 0. The smallest absolute Gasteiger partial charge is 0.238 e. The number of aromatic nitrogens is 4. The van der Waals surface area contributed by atoms with Crippen LogP contribution in [0.1, 0.15) is 12.3 Å². The lowest BCUT2D eigenvalue weighted by Crippen LogP contribution is -2.06. The second-order valence-corrected chi connectivity index (χ2v) is 11.4. The van der Waals surface area contributed by atoms with Crippen molar-refractivity contribution in [2.45, 2.75) is 0 Å². The molecule has 0 aliphatic rings. The van der Waals surface area contributed by atoms with Crippen molar-refractivity contribution in [1.82, 2.24) is 19.5 Å². The Morgan fingerprint density at radius 3 is 1.61 bits per heavy atom. The molecule has 9 rings (SSSR count). The fraction of sp³-hybridized carbons (Fsp3) is 0. The monoisotopic (exact) mass is 635 g/mol. The number of hydrogen-bond acceptors (Lipinski definition) is 3. The van der Waals surface area contributed by atoms with Gasteiger partial charge in [-0.1, -0.05) is 170 Å². The Bertz CT molecular complexity index is 3070. The van der Waals surface area contributed by atoms with Crippen molar-refractivity contribution in [2.75, 3.05) is 0 Å². The quantitative estimate of drug-likeness (QED) is 0.183. The van der Waals surface area contributed by atoms with Gasteiger partial charge in [0, 0.05) is 21.9 Å². The van der Waals surface area contributed by atoms with Crippen LogP contribution in [0.25, 0.3) is 83.9 Å². The summed E-state index contributed by atoms with van der Waals surface area (Å²) in [6, 6.07) is 36.7. The van der Waals surface area contributed by atoms with Gasteiger partial charge in [-0.3, -0.25) is 4.57 Å². The van der Waals surface area contributed by atoms with E-state index in [4.69, 9.17) is 27.3 Å². The summed E-state index contributed by atoms with van der Waals surface area (Å²) in [4.78, 5) is 14.8. The maximum Gasteiger partial charge on any atom is 0.238 e. The molecule has 230 valence electrons. The number of fused-ring (bicyclic) bond motifs is 3. The first-order valence-electron chi connectivity index (χ1n) is 20.2. The standard InChI is InChI=1S/C45H30N4/c1-4-14-31(15-5-1)36-28-29-40-39-22-12-13-23-41(39)49(42(40)30-36)45-47-43(34-18-8-3-9-19-34)46-44(48-45)35-26-24-33(25-27-35)38-21-11-10-20-37(38)32-16-6-2-7-17-32/h1-30H/i1D,4D,5D,12D,13D,14D,15D,22D,23D. The molecular formula is C45H30N4. The van der Waals surface area contributed by atoms with E-state index in [1.54, 1.807) is 22.8 Å². The Morgan fingerprint density at radius 2 is 0.918 bits per heavy atom. The third-order valence-electron chi connectivity index (χ3n) is 8.51. The molecule has 49 heavy (non-hydrogen) atoms. The lowest BCUT2D eigenvalue weighted by Gasteiger charge is -2.13. The Balaban J connectivity index is 1.30. The van der Waals surface area contributed by atoms with E-state index in [2.05, 4.69) is 24.3 Å². The highest BCUT2D eigenvalue weighted by Gasteiger charge is 2.18. The van der Waals surface area contributed by atoms with Crippen LogP contribution in [0.15, 0.2) is 182 Å². The molecule has 0 unspecified atom stereocenters. The molecule has 0 spiro atoms. The molecule has 0 atom stereocenters. The average Bonchev–Trinajstić information content (AvgIpc) is 3.61. The summed E-state index contributed by atoms with van der Waals surface area (Å²) in [6.07, 6.45) is 0. The average molecular weight is 636 g/mol. The topological polar surface area (TPSA) is 43.6 Å². The van der Waals surface area contributed by atoms with Crippen LogP contribution in [-0.4, -0.2) is 19.5 Å². The van der Waals surface area contributed by atoms with Crippen LogP contribution in [0.4, 0.5) is 0 Å². The first kappa shape index (κ1) is 20.6. The number of nitrogens with zero attached hydrogens (tertiary/aromatic N) is 4. The molecule has 4 heteroatoms. The van der Waals surface area contributed by atoms with Crippen LogP contribution in [0.2, 0.25) is 0 Å². The molecule has 0 saturated carbocycles. The molecule has 0 N–H and O–H groups in total. The van der Waals surface area contributed by atoms with Gasteiger partial charge < -0.3 is 0 Å². The lowest BCUT2D eigenvalue weighted by molar-refractivity contribution is 0.953. The van der Waals surface area contributed by atoms with Crippen molar-refractivity contribution in [2.24, 2.45) is 0 Å². The molecule has 0 amide bonds. The molecule has 0 fully saturated rings.